The van der Waals surface area contributed by atoms with Gasteiger partial charge in [-0.3, -0.25) is 32.5 Å². The number of allylic oxidation sites excluding steroid dienone is 18. The van der Waals surface area contributed by atoms with E-state index in [0.29, 0.717) is 19.3 Å². The van der Waals surface area contributed by atoms with Gasteiger partial charge in [0, 0.05) is 19.3 Å². The van der Waals surface area contributed by atoms with Gasteiger partial charge < -0.3 is 34.2 Å². The molecule has 16 nitrogen and oxygen atoms in total. The number of phosphoric acid groups is 2. The molecule has 0 amide bonds. The Morgan fingerprint density at radius 3 is 0.739 bits per heavy atom. The van der Waals surface area contributed by atoms with Crippen molar-refractivity contribution in [2.45, 2.75) is 424 Å². The molecule has 111 heavy (non-hydrogen) atoms. The third-order valence-electron chi connectivity index (χ3n) is 19.4. The van der Waals surface area contributed by atoms with Crippen LogP contribution in [0, 0.1) is 0 Å². The first-order valence-electron chi connectivity index (χ1n) is 45.2. The van der Waals surface area contributed by atoms with Gasteiger partial charge in [0.15, 0.2) is 6.10 Å². The second kappa shape index (κ2) is 85.6. The predicted molar refractivity (Wildman–Crippen MR) is 464 cm³/mol. The molecule has 0 saturated heterocycles. The van der Waals surface area contributed by atoms with E-state index < -0.39 is 91.5 Å². The second-order valence-corrected chi connectivity index (χ2v) is 33.3. The highest BCUT2D eigenvalue weighted by Crippen LogP contribution is 2.45. The molecule has 0 saturated carbocycles. The Morgan fingerprint density at radius 1 is 0.252 bits per heavy atom. The van der Waals surface area contributed by atoms with E-state index in [4.69, 9.17) is 32.3 Å². The lowest BCUT2D eigenvalue weighted by atomic mass is 10.0. The molecule has 0 aromatic rings. The summed E-state index contributed by atoms with van der Waals surface area (Å²) in [6.45, 7) is 2.66. The summed E-state index contributed by atoms with van der Waals surface area (Å²) in [6, 6.07) is 0. The zero-order valence-electron chi connectivity index (χ0n) is 70.9. The van der Waals surface area contributed by atoms with Crippen molar-refractivity contribution in [3.05, 3.63) is 109 Å². The van der Waals surface area contributed by atoms with Gasteiger partial charge in [-0.15, -0.1) is 0 Å². The first-order valence-corrected chi connectivity index (χ1v) is 48.2. The van der Waals surface area contributed by atoms with Crippen molar-refractivity contribution in [2.75, 3.05) is 39.6 Å². The van der Waals surface area contributed by atoms with Gasteiger partial charge in [0.1, 0.15) is 25.4 Å². The fourth-order valence-electron chi connectivity index (χ4n) is 12.5. The SMILES string of the molecule is CCCCC/C=C\C/C=C\C/C=C\C/C=C\CCCCCCCCCCCCCCCCCC(=O)OCC(O)COP(=O)(O)OCC(O)COP(=O)(O)OCC(COC(=O)CCCCCCCCCCCCCCCCC/C=C\C/C=C\C/C=C\C/C=C\CCCCC)OC(=O)CCCCCCC/C=C\CCCCCC. The molecule has 644 valence electrons. The summed E-state index contributed by atoms with van der Waals surface area (Å²) < 4.78 is 61.3. The van der Waals surface area contributed by atoms with Gasteiger partial charge in [0.05, 0.1) is 26.4 Å². The van der Waals surface area contributed by atoms with Crippen molar-refractivity contribution in [1.29, 1.82) is 0 Å². The quantitative estimate of drug-likeness (QED) is 0.0146. The van der Waals surface area contributed by atoms with Crippen molar-refractivity contribution < 1.29 is 75.8 Å². The molecule has 4 N–H and O–H groups in total. The van der Waals surface area contributed by atoms with Gasteiger partial charge in [-0.1, -0.05) is 361 Å². The second-order valence-electron chi connectivity index (χ2n) is 30.4. The molecule has 0 bridgehead atoms. The Balaban J connectivity index is 4.41. The number of hydrogen-bond acceptors (Lipinski definition) is 14. The van der Waals surface area contributed by atoms with E-state index in [9.17, 15) is 43.5 Å². The van der Waals surface area contributed by atoms with Crippen LogP contribution >= 0.6 is 15.6 Å². The number of carbonyl (C=O) groups is 3. The van der Waals surface area contributed by atoms with Gasteiger partial charge in [-0.05, 0) is 135 Å². The van der Waals surface area contributed by atoms with Gasteiger partial charge >= 0.3 is 33.6 Å². The van der Waals surface area contributed by atoms with E-state index >= 15 is 0 Å². The van der Waals surface area contributed by atoms with E-state index in [0.717, 1.165) is 116 Å². The number of unbranched alkanes of at least 4 members (excludes halogenated alkanes) is 45. The zero-order valence-corrected chi connectivity index (χ0v) is 72.7. The number of phosphoric ester groups is 2. The average molecular weight is 1600 g/mol. The maximum absolute atomic E-state index is 13.0. The molecule has 0 aromatic heterocycles. The lowest BCUT2D eigenvalue weighted by molar-refractivity contribution is -0.161. The van der Waals surface area contributed by atoms with E-state index in [-0.39, 0.29) is 19.3 Å². The summed E-state index contributed by atoms with van der Waals surface area (Å²) in [5, 5.41) is 20.7. The van der Waals surface area contributed by atoms with Crippen LogP contribution in [0.2, 0.25) is 0 Å². The Bertz CT molecular complexity index is 2450. The molecule has 5 atom stereocenters. The normalized spacial score (nSPS) is 14.3. The third kappa shape index (κ3) is 86.9. The minimum absolute atomic E-state index is 0.0962. The van der Waals surface area contributed by atoms with Crippen LogP contribution in [0.1, 0.15) is 406 Å². The molecule has 0 heterocycles. The van der Waals surface area contributed by atoms with E-state index in [1.54, 1.807) is 0 Å². The number of esters is 3. The molecule has 0 spiro atoms. The summed E-state index contributed by atoms with van der Waals surface area (Å²) in [5.74, 6) is -1.57. The molecular weight excluding hydrogens is 1430 g/mol. The number of carbonyl (C=O) groups excluding carboxylic acids is 3. The number of aliphatic hydroxyl groups is 2. The molecule has 0 radical (unpaired) electrons. The Kier molecular flexibility index (Phi) is 82.7. The fraction of sp³-hybridized carbons (Fsp3) is 0.774. The number of hydrogen-bond donors (Lipinski definition) is 4. The van der Waals surface area contributed by atoms with Gasteiger partial charge in [0.2, 0.25) is 0 Å². The number of aliphatic hydroxyl groups excluding tert-OH is 2. The summed E-state index contributed by atoms with van der Waals surface area (Å²) >= 11 is 0. The monoisotopic (exact) mass is 1600 g/mol. The predicted octanol–water partition coefficient (Wildman–Crippen LogP) is 27.4. The van der Waals surface area contributed by atoms with Crippen LogP contribution in [-0.2, 0) is 55.8 Å². The molecule has 5 unspecified atom stereocenters. The highest BCUT2D eigenvalue weighted by atomic mass is 31.2. The summed E-state index contributed by atoms with van der Waals surface area (Å²) in [6.07, 6.45) is 103. The van der Waals surface area contributed by atoms with Gasteiger partial charge in [-0.2, -0.15) is 0 Å². The van der Waals surface area contributed by atoms with Crippen molar-refractivity contribution in [2.24, 2.45) is 0 Å². The molecule has 0 fully saturated rings. The molecular formula is C93H166O16P2. The first kappa shape index (κ1) is 107. The highest BCUT2D eigenvalue weighted by molar-refractivity contribution is 7.47. The lowest BCUT2D eigenvalue weighted by Crippen LogP contribution is -2.30. The summed E-state index contributed by atoms with van der Waals surface area (Å²) in [4.78, 5) is 58.8. The highest BCUT2D eigenvalue weighted by Gasteiger charge is 2.29. The third-order valence-corrected chi connectivity index (χ3v) is 21.3. The maximum Gasteiger partial charge on any atom is 0.472 e. The number of ether oxygens (including phenoxy) is 3. The fourth-order valence-corrected chi connectivity index (χ4v) is 14.1. The minimum Gasteiger partial charge on any atom is -0.463 e. The van der Waals surface area contributed by atoms with E-state index in [1.807, 2.05) is 0 Å². The molecule has 0 aromatic carbocycles. The minimum atomic E-state index is -4.93. The molecule has 0 aliphatic rings. The lowest BCUT2D eigenvalue weighted by Gasteiger charge is -2.21. The van der Waals surface area contributed by atoms with E-state index in [2.05, 4.69) is 130 Å². The van der Waals surface area contributed by atoms with Crippen LogP contribution in [0.15, 0.2) is 109 Å². The van der Waals surface area contributed by atoms with Crippen LogP contribution in [0.25, 0.3) is 0 Å². The van der Waals surface area contributed by atoms with Crippen molar-refractivity contribution in [1.82, 2.24) is 0 Å². The van der Waals surface area contributed by atoms with Crippen LogP contribution in [0.4, 0.5) is 0 Å². The summed E-state index contributed by atoms with van der Waals surface area (Å²) in [5.41, 5.74) is 0. The van der Waals surface area contributed by atoms with Crippen molar-refractivity contribution in [3.8, 4) is 0 Å². The standard InChI is InChI=1S/C93H166O16P2/c1-4-7-10-13-16-19-22-25-27-29-31-33-35-37-39-41-43-45-47-49-51-53-55-57-59-62-64-67-70-73-76-79-91(96)103-82-88(94)83-105-110(99,100)106-84-89(95)85-107-111(101,102)108-87-90(109-93(98)81-78-75-72-69-66-61-24-21-18-15-12-9-6-3)86-104-92(97)80-77-74-71-68-65-63-60-58-56-54-52-50-48-46-44-42-40-38-36-34-32-30-28-26-23-20-17-14-11-8-5-2/h16-17,19-21,24-28,31-34,37-40,88-90,94-95H,4-15,18,22-23,29-30,35-36,41-87H2,1-3H3,(H,99,100)(H,101,102)/b19-16-,20-17-,24-21-,27-25-,28-26-,33-31-,34-32-,39-37-,40-38-. The van der Waals surface area contributed by atoms with Crippen molar-refractivity contribution in [3.63, 3.8) is 0 Å². The van der Waals surface area contributed by atoms with Crippen LogP contribution in [0.5, 0.6) is 0 Å². The van der Waals surface area contributed by atoms with Gasteiger partial charge in [-0.25, -0.2) is 9.13 Å². The van der Waals surface area contributed by atoms with Gasteiger partial charge in [0.25, 0.3) is 0 Å². The zero-order chi connectivity index (χ0) is 80.8. The largest absolute Gasteiger partial charge is 0.472 e. The molecule has 18 heteroatoms. The topological polar surface area (TPSA) is 231 Å². The van der Waals surface area contributed by atoms with Crippen molar-refractivity contribution >= 4 is 33.6 Å². The first-order chi connectivity index (χ1) is 54.2. The van der Waals surface area contributed by atoms with E-state index in [1.165, 1.54) is 231 Å². The molecule has 0 rings (SSSR count). The van der Waals surface area contributed by atoms with Crippen LogP contribution in [0.3, 0.4) is 0 Å². The Morgan fingerprint density at radius 2 is 0.450 bits per heavy atom. The Labute approximate surface area is 679 Å². The van der Waals surface area contributed by atoms with Crippen LogP contribution in [-0.4, -0.2) is 95.9 Å². The van der Waals surface area contributed by atoms with Crippen LogP contribution < -0.4 is 0 Å². The maximum atomic E-state index is 13.0. The summed E-state index contributed by atoms with van der Waals surface area (Å²) in [7, 11) is -9.79. The molecule has 0 aliphatic carbocycles. The molecule has 0 aliphatic heterocycles. The number of rotatable bonds is 86. The smallest absolute Gasteiger partial charge is 0.463 e. The average Bonchev–Trinajstić information content (AvgIpc) is 0.928. The Hall–Kier alpha value is -3.79.